The van der Waals surface area contributed by atoms with Crippen LogP contribution in [0.2, 0.25) is 5.02 Å². The summed E-state index contributed by atoms with van der Waals surface area (Å²) >= 11 is 6.83. The molecule has 0 N–H and O–H groups in total. The molecule has 0 spiro atoms. The first-order valence-electron chi connectivity index (χ1n) is 4.88. The lowest BCUT2D eigenvalue weighted by Crippen LogP contribution is -1.86. The fourth-order valence-electron chi connectivity index (χ4n) is 1.55. The minimum atomic E-state index is -0.424. The van der Waals surface area contributed by atoms with E-state index in [0.717, 1.165) is 33.3 Å². The van der Waals surface area contributed by atoms with Crippen LogP contribution >= 0.6 is 23.6 Å². The van der Waals surface area contributed by atoms with Gasteiger partial charge in [0.2, 0.25) is 0 Å². The molecule has 2 aromatic rings. The standard InChI is InChI=1S/C12H10ClFO2S/c1-7-3-8-4-10(13)11(14)5-9(8)6-12(7)17-16-15-2/h3-6H,1-2H3. The minimum Gasteiger partial charge on any atom is -0.227 e. The minimum absolute atomic E-state index is 0.130. The van der Waals surface area contributed by atoms with Crippen LogP contribution in [0.4, 0.5) is 4.39 Å². The van der Waals surface area contributed by atoms with Crippen molar-refractivity contribution in [1.82, 2.24) is 0 Å². The van der Waals surface area contributed by atoms with Gasteiger partial charge in [-0.2, -0.15) is 4.33 Å². The second kappa shape index (κ2) is 5.23. The van der Waals surface area contributed by atoms with E-state index in [1.165, 1.54) is 13.2 Å². The fourth-order valence-corrected chi connectivity index (χ4v) is 2.23. The number of hydrogen-bond acceptors (Lipinski definition) is 3. The third-order valence-corrected chi connectivity index (χ3v) is 3.48. The molecule has 0 aromatic heterocycles. The highest BCUT2D eigenvalue weighted by molar-refractivity contribution is 7.94. The average molecular weight is 273 g/mol. The molecule has 0 bridgehead atoms. The highest BCUT2D eigenvalue weighted by Crippen LogP contribution is 2.30. The van der Waals surface area contributed by atoms with Crippen LogP contribution in [0.1, 0.15) is 5.56 Å². The second-order valence-electron chi connectivity index (χ2n) is 3.55. The Bertz CT molecular complexity index is 560. The summed E-state index contributed by atoms with van der Waals surface area (Å²) in [6.07, 6.45) is 0. The molecule has 0 aliphatic rings. The predicted molar refractivity (Wildman–Crippen MR) is 67.6 cm³/mol. The van der Waals surface area contributed by atoms with Crippen LogP contribution in [0.25, 0.3) is 10.8 Å². The van der Waals surface area contributed by atoms with E-state index in [-0.39, 0.29) is 5.02 Å². The van der Waals surface area contributed by atoms with Crippen LogP contribution < -0.4 is 0 Å². The van der Waals surface area contributed by atoms with Crippen LogP contribution in [-0.2, 0) is 9.22 Å². The SMILES string of the molecule is COOSc1cc2cc(F)c(Cl)cc2cc1C. The summed E-state index contributed by atoms with van der Waals surface area (Å²) in [7, 11) is 1.43. The van der Waals surface area contributed by atoms with E-state index in [1.807, 2.05) is 19.1 Å². The van der Waals surface area contributed by atoms with Gasteiger partial charge in [-0.15, -0.1) is 0 Å². The molecule has 0 aliphatic carbocycles. The molecule has 0 saturated carbocycles. The van der Waals surface area contributed by atoms with Crippen molar-refractivity contribution in [1.29, 1.82) is 0 Å². The number of aryl methyl sites for hydroxylation is 1. The molecule has 2 rings (SSSR count). The van der Waals surface area contributed by atoms with Crippen molar-refractivity contribution in [3.63, 3.8) is 0 Å². The molecule has 0 atom stereocenters. The Morgan fingerprint density at radius 2 is 1.88 bits per heavy atom. The first kappa shape index (κ1) is 12.6. The number of hydrogen-bond donors (Lipinski definition) is 0. The van der Waals surface area contributed by atoms with Gasteiger partial charge in [0, 0.05) is 4.90 Å². The lowest BCUT2D eigenvalue weighted by atomic mass is 10.1. The van der Waals surface area contributed by atoms with Gasteiger partial charge in [0.25, 0.3) is 0 Å². The van der Waals surface area contributed by atoms with Crippen molar-refractivity contribution >= 4 is 34.4 Å². The monoisotopic (exact) mass is 272 g/mol. The molecular formula is C12H10ClFO2S. The van der Waals surface area contributed by atoms with E-state index in [1.54, 1.807) is 6.07 Å². The first-order valence-corrected chi connectivity index (χ1v) is 6.00. The van der Waals surface area contributed by atoms with E-state index >= 15 is 0 Å². The third-order valence-electron chi connectivity index (χ3n) is 2.37. The number of benzene rings is 2. The highest BCUT2D eigenvalue weighted by Gasteiger charge is 2.07. The zero-order chi connectivity index (χ0) is 12.4. The molecule has 2 aromatic carbocycles. The van der Waals surface area contributed by atoms with E-state index < -0.39 is 5.82 Å². The normalized spacial score (nSPS) is 11.1. The van der Waals surface area contributed by atoms with Gasteiger partial charge in [0.15, 0.2) is 0 Å². The van der Waals surface area contributed by atoms with Gasteiger partial charge in [-0.3, -0.25) is 0 Å². The second-order valence-corrected chi connectivity index (χ2v) is 4.70. The highest BCUT2D eigenvalue weighted by atomic mass is 35.5. The maximum Gasteiger partial charge on any atom is 0.142 e. The zero-order valence-electron chi connectivity index (χ0n) is 9.29. The quantitative estimate of drug-likeness (QED) is 0.465. The van der Waals surface area contributed by atoms with Gasteiger partial charge in [-0.1, -0.05) is 17.7 Å². The van der Waals surface area contributed by atoms with Crippen molar-refractivity contribution in [2.75, 3.05) is 7.11 Å². The predicted octanol–water partition coefficient (Wildman–Crippen LogP) is 4.53. The fraction of sp³-hybridized carbons (Fsp3) is 0.167. The van der Waals surface area contributed by atoms with Gasteiger partial charge in [0.1, 0.15) is 5.82 Å². The summed E-state index contributed by atoms with van der Waals surface area (Å²) in [4.78, 5) is 5.40. The van der Waals surface area contributed by atoms with Crippen molar-refractivity contribution < 1.29 is 13.6 Å². The van der Waals surface area contributed by atoms with Crippen LogP contribution in [0, 0.1) is 12.7 Å². The van der Waals surface area contributed by atoms with Crippen LogP contribution in [-0.4, -0.2) is 7.11 Å². The Morgan fingerprint density at radius 3 is 2.59 bits per heavy atom. The largest absolute Gasteiger partial charge is 0.227 e. The van der Waals surface area contributed by atoms with Gasteiger partial charge in [0.05, 0.1) is 24.2 Å². The Balaban J connectivity index is 2.51. The van der Waals surface area contributed by atoms with E-state index in [9.17, 15) is 4.39 Å². The van der Waals surface area contributed by atoms with Crippen molar-refractivity contribution in [3.05, 3.63) is 40.7 Å². The summed E-state index contributed by atoms with van der Waals surface area (Å²) in [6, 6.07) is 6.80. The molecule has 0 unspecified atom stereocenters. The van der Waals surface area contributed by atoms with Crippen molar-refractivity contribution in [3.8, 4) is 0 Å². The Kier molecular flexibility index (Phi) is 3.89. The maximum absolute atomic E-state index is 13.3. The summed E-state index contributed by atoms with van der Waals surface area (Å²) < 4.78 is 18.1. The molecule has 17 heavy (non-hydrogen) atoms. The van der Waals surface area contributed by atoms with E-state index in [0.29, 0.717) is 0 Å². The van der Waals surface area contributed by atoms with Crippen molar-refractivity contribution in [2.24, 2.45) is 0 Å². The van der Waals surface area contributed by atoms with Gasteiger partial charge in [-0.25, -0.2) is 9.28 Å². The smallest absolute Gasteiger partial charge is 0.142 e. The average Bonchev–Trinajstić information content (AvgIpc) is 2.29. The molecule has 0 fully saturated rings. The van der Waals surface area contributed by atoms with Gasteiger partial charge in [-0.05, 0) is 41.5 Å². The summed E-state index contributed by atoms with van der Waals surface area (Å²) in [5.41, 5.74) is 1.02. The van der Waals surface area contributed by atoms with E-state index in [2.05, 4.69) is 4.89 Å². The molecule has 0 amide bonds. The van der Waals surface area contributed by atoms with Gasteiger partial charge < -0.3 is 0 Å². The molecule has 0 saturated heterocycles. The number of rotatable bonds is 3. The van der Waals surface area contributed by atoms with Crippen LogP contribution in [0.3, 0.4) is 0 Å². The molecule has 90 valence electrons. The summed E-state index contributed by atoms with van der Waals surface area (Å²) in [5, 5.41) is 1.81. The molecule has 2 nitrogen and oxygen atoms in total. The molecular weight excluding hydrogens is 263 g/mol. The lowest BCUT2D eigenvalue weighted by molar-refractivity contribution is -0.160. The van der Waals surface area contributed by atoms with Crippen LogP contribution in [0.5, 0.6) is 0 Å². The molecule has 0 aliphatic heterocycles. The Hall–Kier alpha value is -0.810. The van der Waals surface area contributed by atoms with Crippen molar-refractivity contribution in [2.45, 2.75) is 11.8 Å². The molecule has 0 radical (unpaired) electrons. The van der Waals surface area contributed by atoms with E-state index in [4.69, 9.17) is 15.9 Å². The topological polar surface area (TPSA) is 18.5 Å². The van der Waals surface area contributed by atoms with Gasteiger partial charge >= 0.3 is 0 Å². The molecule has 0 heterocycles. The Labute approximate surface area is 108 Å². The first-order chi connectivity index (χ1) is 8.11. The summed E-state index contributed by atoms with van der Waals surface area (Å²) in [6.45, 7) is 1.94. The maximum atomic E-state index is 13.3. The zero-order valence-corrected chi connectivity index (χ0v) is 10.9. The lowest BCUT2D eigenvalue weighted by Gasteiger charge is -2.07. The number of halogens is 2. The molecule has 5 heteroatoms. The Morgan fingerprint density at radius 1 is 1.18 bits per heavy atom. The third kappa shape index (κ3) is 2.72. The summed E-state index contributed by atoms with van der Waals surface area (Å²) in [5.74, 6) is -0.424. The van der Waals surface area contributed by atoms with Crippen LogP contribution in [0.15, 0.2) is 29.2 Å². The number of fused-ring (bicyclic) bond motifs is 1.